The summed E-state index contributed by atoms with van der Waals surface area (Å²) in [7, 11) is 0. The number of aliphatic carboxylic acids is 1. The quantitative estimate of drug-likeness (QED) is 0.671. The van der Waals surface area contributed by atoms with Crippen LogP contribution in [-0.2, 0) is 9.59 Å². The van der Waals surface area contributed by atoms with Crippen LogP contribution in [-0.4, -0.2) is 28.6 Å². The lowest BCUT2D eigenvalue weighted by Gasteiger charge is -2.11. The van der Waals surface area contributed by atoms with Crippen molar-refractivity contribution >= 4 is 28.7 Å². The van der Waals surface area contributed by atoms with Crippen LogP contribution in [0.4, 0.5) is 5.69 Å². The Kier molecular flexibility index (Phi) is 5.17. The van der Waals surface area contributed by atoms with Crippen LogP contribution < -0.4 is 10.1 Å². The van der Waals surface area contributed by atoms with Crippen LogP contribution in [0, 0.1) is 0 Å². The van der Waals surface area contributed by atoms with E-state index < -0.39 is 12.6 Å². The molecule has 0 spiro atoms. The third-order valence-electron chi connectivity index (χ3n) is 3.62. The van der Waals surface area contributed by atoms with E-state index in [1.54, 1.807) is 24.3 Å². The molecule has 26 heavy (non-hydrogen) atoms. The van der Waals surface area contributed by atoms with Gasteiger partial charge in [-0.25, -0.2) is 9.78 Å². The first kappa shape index (κ1) is 17.5. The summed E-state index contributed by atoms with van der Waals surface area (Å²) in [5, 5.41) is 11.7. The number of carboxylic acid groups (broad SMARTS) is 1. The summed E-state index contributed by atoms with van der Waals surface area (Å²) in [4.78, 5) is 27.1. The first-order valence-electron chi connectivity index (χ1n) is 8.21. The van der Waals surface area contributed by atoms with Crippen molar-refractivity contribution in [3.63, 3.8) is 0 Å². The smallest absolute Gasteiger partial charge is 0.341 e. The van der Waals surface area contributed by atoms with E-state index in [1.807, 2.05) is 25.1 Å². The molecule has 0 fully saturated rings. The number of anilines is 1. The van der Waals surface area contributed by atoms with Crippen molar-refractivity contribution in [2.24, 2.45) is 0 Å². The minimum absolute atomic E-state index is 0.102. The molecule has 7 nitrogen and oxygen atoms in total. The Morgan fingerprint density at radius 3 is 2.77 bits per heavy atom. The largest absolute Gasteiger partial charge is 0.481 e. The fourth-order valence-corrected chi connectivity index (χ4v) is 2.48. The molecule has 0 saturated carbocycles. The molecule has 0 atom stereocenters. The summed E-state index contributed by atoms with van der Waals surface area (Å²) in [5.41, 5.74) is 2.30. The van der Waals surface area contributed by atoms with Crippen molar-refractivity contribution in [3.8, 4) is 17.2 Å². The molecule has 3 rings (SSSR count). The number of carbonyl (C=O) groups excluding carboxylic acids is 1. The van der Waals surface area contributed by atoms with Crippen LogP contribution in [0.2, 0.25) is 0 Å². The highest BCUT2D eigenvalue weighted by atomic mass is 16.5. The van der Waals surface area contributed by atoms with Gasteiger partial charge in [0.05, 0.1) is 5.56 Å². The Morgan fingerprint density at radius 1 is 1.23 bits per heavy atom. The fourth-order valence-electron chi connectivity index (χ4n) is 2.48. The average molecular weight is 354 g/mol. The Labute approximate surface area is 149 Å². The fraction of sp³-hybridized carbons (Fsp3) is 0.211. The number of fused-ring (bicyclic) bond motifs is 1. The molecule has 2 aromatic carbocycles. The zero-order valence-electron chi connectivity index (χ0n) is 14.2. The van der Waals surface area contributed by atoms with E-state index in [-0.39, 0.29) is 11.8 Å². The number of nitrogens with zero attached hydrogens (tertiary/aromatic N) is 1. The zero-order chi connectivity index (χ0) is 18.5. The lowest BCUT2D eigenvalue weighted by atomic mass is 10.1. The van der Waals surface area contributed by atoms with Crippen LogP contribution in [0.15, 0.2) is 46.9 Å². The first-order chi connectivity index (χ1) is 12.6. The van der Waals surface area contributed by atoms with Gasteiger partial charge in [-0.05, 0) is 36.8 Å². The van der Waals surface area contributed by atoms with E-state index in [2.05, 4.69) is 10.3 Å². The number of nitrogens with one attached hydrogen (secondary N) is 1. The normalized spacial score (nSPS) is 10.7. The maximum absolute atomic E-state index is 11.8. The summed E-state index contributed by atoms with van der Waals surface area (Å²) in [6, 6.07) is 12.2. The predicted molar refractivity (Wildman–Crippen MR) is 96.1 cm³/mol. The number of hydrogen-bond donors (Lipinski definition) is 2. The van der Waals surface area contributed by atoms with Crippen LogP contribution in [0.25, 0.3) is 22.6 Å². The van der Waals surface area contributed by atoms with Crippen LogP contribution in [0.3, 0.4) is 0 Å². The maximum Gasteiger partial charge on any atom is 0.341 e. The summed E-state index contributed by atoms with van der Waals surface area (Å²) in [6.45, 7) is 1.43. The summed E-state index contributed by atoms with van der Waals surface area (Å²) >= 11 is 0. The third kappa shape index (κ3) is 4.00. The van der Waals surface area contributed by atoms with Crippen molar-refractivity contribution < 1.29 is 23.8 Å². The van der Waals surface area contributed by atoms with Gasteiger partial charge in [0.1, 0.15) is 11.3 Å². The lowest BCUT2D eigenvalue weighted by molar-refractivity contribution is -0.139. The van der Waals surface area contributed by atoms with Gasteiger partial charge in [0.15, 0.2) is 12.2 Å². The summed E-state index contributed by atoms with van der Waals surface area (Å²) in [6.07, 6.45) is 1.15. The number of carbonyl (C=O) groups is 2. The molecule has 0 aliphatic heterocycles. The molecule has 134 valence electrons. The maximum atomic E-state index is 11.8. The number of benzene rings is 2. The number of ether oxygens (including phenoxy) is 1. The molecule has 3 aromatic rings. The topological polar surface area (TPSA) is 102 Å². The molecule has 1 amide bonds. The number of para-hydroxylation sites is 2. The van der Waals surface area contributed by atoms with Gasteiger partial charge in [-0.3, -0.25) is 4.79 Å². The predicted octanol–water partition coefficient (Wildman–Crippen LogP) is 3.70. The van der Waals surface area contributed by atoms with Crippen LogP contribution >= 0.6 is 0 Å². The number of aromatic nitrogens is 1. The second kappa shape index (κ2) is 7.69. The second-order valence-corrected chi connectivity index (χ2v) is 5.68. The number of carboxylic acids is 1. The molecular formula is C19H18N2O5. The zero-order valence-corrected chi connectivity index (χ0v) is 14.2. The number of amides is 1. The minimum Gasteiger partial charge on any atom is -0.481 e. The van der Waals surface area contributed by atoms with Gasteiger partial charge in [-0.2, -0.15) is 0 Å². The minimum atomic E-state index is -1.09. The van der Waals surface area contributed by atoms with Crippen molar-refractivity contribution in [1.29, 1.82) is 0 Å². The molecule has 0 aliphatic carbocycles. The molecule has 0 unspecified atom stereocenters. The monoisotopic (exact) mass is 354 g/mol. The highest BCUT2D eigenvalue weighted by Gasteiger charge is 2.16. The van der Waals surface area contributed by atoms with E-state index in [1.165, 1.54) is 0 Å². The Balaban J connectivity index is 1.99. The van der Waals surface area contributed by atoms with E-state index in [4.69, 9.17) is 14.3 Å². The second-order valence-electron chi connectivity index (χ2n) is 5.68. The molecule has 1 aromatic heterocycles. The molecule has 0 aliphatic rings. The average Bonchev–Trinajstić information content (AvgIpc) is 3.04. The van der Waals surface area contributed by atoms with Gasteiger partial charge in [0, 0.05) is 12.1 Å². The molecule has 2 N–H and O–H groups in total. The number of hydrogen-bond acceptors (Lipinski definition) is 5. The van der Waals surface area contributed by atoms with Crippen molar-refractivity contribution in [2.75, 3.05) is 11.9 Å². The van der Waals surface area contributed by atoms with E-state index in [0.29, 0.717) is 34.5 Å². The first-order valence-corrected chi connectivity index (χ1v) is 8.21. The van der Waals surface area contributed by atoms with Crippen LogP contribution in [0.1, 0.15) is 19.8 Å². The van der Waals surface area contributed by atoms with Crippen molar-refractivity contribution in [3.05, 3.63) is 42.5 Å². The van der Waals surface area contributed by atoms with Gasteiger partial charge in [0.25, 0.3) is 0 Å². The van der Waals surface area contributed by atoms with Gasteiger partial charge in [-0.1, -0.05) is 19.1 Å². The molecular weight excluding hydrogens is 336 g/mol. The summed E-state index contributed by atoms with van der Waals surface area (Å²) in [5.74, 6) is -0.588. The molecule has 1 heterocycles. The Bertz CT molecular complexity index is 915. The Hall–Kier alpha value is -3.35. The highest BCUT2D eigenvalue weighted by Crippen LogP contribution is 2.34. The van der Waals surface area contributed by atoms with Gasteiger partial charge >= 0.3 is 5.97 Å². The highest BCUT2D eigenvalue weighted by molar-refractivity contribution is 5.92. The third-order valence-corrected chi connectivity index (χ3v) is 3.62. The summed E-state index contributed by atoms with van der Waals surface area (Å²) < 4.78 is 11.1. The molecule has 7 heteroatoms. The lowest BCUT2D eigenvalue weighted by Crippen LogP contribution is -2.12. The molecule has 0 radical (unpaired) electrons. The van der Waals surface area contributed by atoms with Gasteiger partial charge < -0.3 is 19.6 Å². The van der Waals surface area contributed by atoms with E-state index in [9.17, 15) is 9.59 Å². The van der Waals surface area contributed by atoms with Gasteiger partial charge in [-0.15, -0.1) is 0 Å². The van der Waals surface area contributed by atoms with Gasteiger partial charge in [0.2, 0.25) is 11.8 Å². The Morgan fingerprint density at radius 2 is 2.04 bits per heavy atom. The van der Waals surface area contributed by atoms with E-state index >= 15 is 0 Å². The SMILES string of the molecule is CCCC(=O)Nc1ccc(OCC(=O)O)c(-c2nc3ccccc3o2)c1. The van der Waals surface area contributed by atoms with Crippen molar-refractivity contribution in [1.82, 2.24) is 4.98 Å². The van der Waals surface area contributed by atoms with E-state index in [0.717, 1.165) is 6.42 Å². The number of oxazole rings is 1. The molecule has 0 saturated heterocycles. The van der Waals surface area contributed by atoms with Crippen LogP contribution in [0.5, 0.6) is 5.75 Å². The molecule has 0 bridgehead atoms. The van der Waals surface area contributed by atoms with Crippen molar-refractivity contribution in [2.45, 2.75) is 19.8 Å². The number of rotatable bonds is 7. The standard InChI is InChI=1S/C19H18N2O5/c1-2-5-17(22)20-12-8-9-15(25-11-18(23)24)13(10-12)19-21-14-6-3-4-7-16(14)26-19/h3-4,6-10H,2,5,11H2,1H3,(H,20,22)(H,23,24).